The molecule has 0 aromatic rings. The SMILES string of the molecule is C=C(C)C(=O)OCC(C)CC(=O)OC12CC3(C)CC(C)(C1)CC(OC(=O)CC(C)COC(=O)C(=C)C)(C3)C2. The molecule has 4 saturated carbocycles. The van der Waals surface area contributed by atoms with Crippen molar-refractivity contribution in [2.24, 2.45) is 22.7 Å². The molecule has 0 saturated heterocycles. The molecule has 212 valence electrons. The summed E-state index contributed by atoms with van der Waals surface area (Å²) < 4.78 is 22.8. The summed E-state index contributed by atoms with van der Waals surface area (Å²) in [5, 5.41) is 0. The minimum absolute atomic E-state index is 0.102. The molecule has 0 radical (unpaired) electrons. The van der Waals surface area contributed by atoms with Crippen LogP contribution in [0.1, 0.15) is 92.9 Å². The highest BCUT2D eigenvalue weighted by Gasteiger charge is 2.68. The average Bonchev–Trinajstić information content (AvgIpc) is 2.71. The van der Waals surface area contributed by atoms with Gasteiger partial charge >= 0.3 is 23.9 Å². The molecule has 0 heterocycles. The topological polar surface area (TPSA) is 105 Å². The van der Waals surface area contributed by atoms with Crippen LogP contribution in [-0.4, -0.2) is 48.3 Å². The first-order valence-corrected chi connectivity index (χ1v) is 13.6. The molecule has 0 spiro atoms. The van der Waals surface area contributed by atoms with E-state index in [9.17, 15) is 19.2 Å². The lowest BCUT2D eigenvalue weighted by Crippen LogP contribution is -2.67. The van der Waals surface area contributed by atoms with Crippen LogP contribution in [0.15, 0.2) is 24.3 Å². The van der Waals surface area contributed by atoms with Gasteiger partial charge in [0.25, 0.3) is 0 Å². The molecule has 4 aliphatic rings. The maximum absolute atomic E-state index is 13.0. The molecule has 2 unspecified atom stereocenters. The quantitative estimate of drug-likeness (QED) is 0.191. The molecule has 2 atom stereocenters. The van der Waals surface area contributed by atoms with E-state index >= 15 is 0 Å². The summed E-state index contributed by atoms with van der Waals surface area (Å²) in [5.41, 5.74) is -0.947. The molecule has 0 amide bonds. The number of ether oxygens (including phenoxy) is 4. The Balaban J connectivity index is 1.64. The van der Waals surface area contributed by atoms with Crippen molar-refractivity contribution >= 4 is 23.9 Å². The van der Waals surface area contributed by atoms with Gasteiger partial charge in [-0.3, -0.25) is 9.59 Å². The Hall–Kier alpha value is -2.64. The Kier molecular flexibility index (Phi) is 8.54. The van der Waals surface area contributed by atoms with Crippen molar-refractivity contribution in [3.63, 3.8) is 0 Å². The van der Waals surface area contributed by atoms with Gasteiger partial charge in [0.1, 0.15) is 11.2 Å². The molecule has 0 N–H and O–H groups in total. The van der Waals surface area contributed by atoms with E-state index in [2.05, 4.69) is 27.0 Å². The Morgan fingerprint density at radius 3 is 1.32 bits per heavy atom. The lowest BCUT2D eigenvalue weighted by Gasteiger charge is -2.67. The van der Waals surface area contributed by atoms with Crippen LogP contribution in [0.5, 0.6) is 0 Å². The van der Waals surface area contributed by atoms with Gasteiger partial charge in [-0.2, -0.15) is 0 Å². The van der Waals surface area contributed by atoms with Gasteiger partial charge < -0.3 is 18.9 Å². The molecule has 0 aromatic heterocycles. The number of carbonyl (C=O) groups excluding carboxylic acids is 4. The zero-order valence-electron chi connectivity index (χ0n) is 23.9. The van der Waals surface area contributed by atoms with E-state index in [1.54, 1.807) is 13.8 Å². The lowest BCUT2D eigenvalue weighted by atomic mass is 9.42. The van der Waals surface area contributed by atoms with Crippen LogP contribution in [-0.2, 0) is 38.1 Å². The van der Waals surface area contributed by atoms with E-state index in [0.717, 1.165) is 32.1 Å². The number of rotatable bonds is 12. The minimum Gasteiger partial charge on any atom is -0.462 e. The van der Waals surface area contributed by atoms with E-state index < -0.39 is 23.1 Å². The summed E-state index contributed by atoms with van der Waals surface area (Å²) in [6.07, 6.45) is 4.72. The fourth-order valence-corrected chi connectivity index (χ4v) is 7.63. The molecule has 4 aliphatic carbocycles. The van der Waals surface area contributed by atoms with Gasteiger partial charge in [-0.25, -0.2) is 9.59 Å². The number of hydrogen-bond acceptors (Lipinski definition) is 8. The molecule has 0 aromatic carbocycles. The average molecular weight is 533 g/mol. The van der Waals surface area contributed by atoms with Crippen molar-refractivity contribution in [1.29, 1.82) is 0 Å². The third-order valence-corrected chi connectivity index (χ3v) is 7.88. The maximum atomic E-state index is 13.0. The number of esters is 4. The predicted octanol–water partition coefficient (Wildman–Crippen LogP) is 5.24. The molecule has 38 heavy (non-hydrogen) atoms. The second-order valence-electron chi connectivity index (χ2n) is 13.4. The Morgan fingerprint density at radius 1 is 0.658 bits per heavy atom. The normalized spacial score (nSPS) is 32.6. The molecular formula is C30H44O8. The van der Waals surface area contributed by atoms with Crippen LogP contribution in [0.25, 0.3) is 0 Å². The van der Waals surface area contributed by atoms with Crippen LogP contribution >= 0.6 is 0 Å². The van der Waals surface area contributed by atoms with Crippen molar-refractivity contribution in [2.45, 2.75) is 104 Å². The third-order valence-electron chi connectivity index (χ3n) is 7.88. The fraction of sp³-hybridized carbons (Fsp3) is 0.733. The van der Waals surface area contributed by atoms with Crippen molar-refractivity contribution in [1.82, 2.24) is 0 Å². The third kappa shape index (κ3) is 7.26. The van der Waals surface area contributed by atoms with E-state index in [4.69, 9.17) is 18.9 Å². The van der Waals surface area contributed by atoms with Gasteiger partial charge in [0.05, 0.1) is 26.1 Å². The standard InChI is InChI=1S/C30H44O8/c1-19(2)25(33)35-11-21(5)9-23(31)37-29-14-27(7)13-28(8,15-29)17-30(16-27,18-29)38-24(32)10-22(6)12-36-26(34)20(3)4/h21-22H,1,3,9-18H2,2,4-8H3. The van der Waals surface area contributed by atoms with Gasteiger partial charge in [0.2, 0.25) is 0 Å². The maximum Gasteiger partial charge on any atom is 0.333 e. The van der Waals surface area contributed by atoms with Crippen LogP contribution in [0.4, 0.5) is 0 Å². The van der Waals surface area contributed by atoms with Crippen LogP contribution in [0.2, 0.25) is 0 Å². The zero-order chi connectivity index (χ0) is 28.5. The van der Waals surface area contributed by atoms with Gasteiger partial charge in [0, 0.05) is 29.4 Å². The monoisotopic (exact) mass is 532 g/mol. The highest BCUT2D eigenvalue weighted by atomic mass is 16.6. The first-order valence-electron chi connectivity index (χ1n) is 13.6. The summed E-state index contributed by atoms with van der Waals surface area (Å²) >= 11 is 0. The molecule has 8 heteroatoms. The van der Waals surface area contributed by atoms with Gasteiger partial charge in [0.15, 0.2) is 0 Å². The Morgan fingerprint density at radius 2 is 1.00 bits per heavy atom. The first-order chi connectivity index (χ1) is 17.5. The van der Waals surface area contributed by atoms with Crippen LogP contribution < -0.4 is 0 Å². The van der Waals surface area contributed by atoms with E-state index in [1.807, 2.05) is 13.8 Å². The summed E-state index contributed by atoms with van der Waals surface area (Å²) in [7, 11) is 0. The van der Waals surface area contributed by atoms with Crippen LogP contribution in [0, 0.1) is 22.7 Å². The molecule has 0 aliphatic heterocycles. The molecular weight excluding hydrogens is 488 g/mol. The van der Waals surface area contributed by atoms with Gasteiger partial charge in [-0.1, -0.05) is 40.9 Å². The lowest BCUT2D eigenvalue weighted by molar-refractivity contribution is -0.267. The summed E-state index contributed by atoms with van der Waals surface area (Å²) in [6, 6.07) is 0. The molecule has 4 fully saturated rings. The second kappa shape index (κ2) is 10.9. The van der Waals surface area contributed by atoms with Crippen molar-refractivity contribution < 1.29 is 38.1 Å². The Labute approximate surface area is 226 Å². The highest BCUT2D eigenvalue weighted by Crippen LogP contribution is 2.69. The highest BCUT2D eigenvalue weighted by molar-refractivity contribution is 5.87. The number of hydrogen-bond donors (Lipinski definition) is 0. The smallest absolute Gasteiger partial charge is 0.333 e. The van der Waals surface area contributed by atoms with E-state index in [1.165, 1.54) is 0 Å². The second-order valence-corrected chi connectivity index (χ2v) is 13.4. The summed E-state index contributed by atoms with van der Waals surface area (Å²) in [6.45, 7) is 18.6. The van der Waals surface area contributed by atoms with E-state index in [-0.39, 0.29) is 60.7 Å². The van der Waals surface area contributed by atoms with Crippen LogP contribution in [0.3, 0.4) is 0 Å². The van der Waals surface area contributed by atoms with Gasteiger partial charge in [-0.05, 0) is 56.8 Å². The largest absolute Gasteiger partial charge is 0.462 e. The summed E-state index contributed by atoms with van der Waals surface area (Å²) in [5.74, 6) is -1.99. The van der Waals surface area contributed by atoms with Crippen molar-refractivity contribution in [3.05, 3.63) is 24.3 Å². The summed E-state index contributed by atoms with van der Waals surface area (Å²) in [4.78, 5) is 49.4. The molecule has 8 nitrogen and oxygen atoms in total. The van der Waals surface area contributed by atoms with Gasteiger partial charge in [-0.15, -0.1) is 0 Å². The molecule has 4 rings (SSSR count). The Bertz CT molecular complexity index is 918. The number of carbonyl (C=O) groups is 4. The predicted molar refractivity (Wildman–Crippen MR) is 141 cm³/mol. The zero-order valence-corrected chi connectivity index (χ0v) is 23.9. The minimum atomic E-state index is -0.688. The fourth-order valence-electron chi connectivity index (χ4n) is 7.63. The van der Waals surface area contributed by atoms with E-state index in [0.29, 0.717) is 17.6 Å². The van der Waals surface area contributed by atoms with Crippen molar-refractivity contribution in [3.8, 4) is 0 Å². The van der Waals surface area contributed by atoms with Crippen molar-refractivity contribution in [2.75, 3.05) is 13.2 Å². The first kappa shape index (κ1) is 29.9. The molecule has 4 bridgehead atoms.